The maximum Gasteiger partial charge on any atom is 0.407 e. The molecule has 0 heterocycles. The Morgan fingerprint density at radius 1 is 0.500 bits per heavy atom. The molecular formula is C68H118N2O8. The van der Waals surface area contributed by atoms with Crippen LogP contribution in [0.25, 0.3) is 0 Å². The molecule has 0 radical (unpaired) electrons. The largest absolute Gasteiger partial charge is 0.446 e. The Balaban J connectivity index is 0.000000226. The summed E-state index contributed by atoms with van der Waals surface area (Å²) in [5.41, 5.74) is 4.79. The van der Waals surface area contributed by atoms with Crippen molar-refractivity contribution in [3.05, 3.63) is 23.3 Å². The summed E-state index contributed by atoms with van der Waals surface area (Å²) in [5, 5.41) is 5.72. The summed E-state index contributed by atoms with van der Waals surface area (Å²) in [5.74, 6) is 10.3. The Bertz CT molecular complexity index is 1790. The first-order chi connectivity index (χ1) is 37.4. The van der Waals surface area contributed by atoms with Gasteiger partial charge in [-0.05, 0) is 196 Å². The van der Waals surface area contributed by atoms with Crippen molar-refractivity contribution in [2.75, 3.05) is 65.9 Å². The molecule has 448 valence electrons. The molecule has 0 aromatic carbocycles. The number of ether oxygens (including phenoxy) is 6. The summed E-state index contributed by atoms with van der Waals surface area (Å²) < 4.78 is 33.2. The minimum Gasteiger partial charge on any atom is -0.446 e. The monoisotopic (exact) mass is 1090 g/mol. The third kappa shape index (κ3) is 15.3. The van der Waals surface area contributed by atoms with Crippen LogP contribution in [0.5, 0.6) is 0 Å². The lowest BCUT2D eigenvalue weighted by molar-refractivity contribution is -0.0581. The van der Waals surface area contributed by atoms with Crippen molar-refractivity contribution in [1.29, 1.82) is 0 Å². The molecule has 0 aliphatic heterocycles. The molecule has 0 aromatic rings. The molecule has 0 saturated heterocycles. The van der Waals surface area contributed by atoms with Gasteiger partial charge in [-0.2, -0.15) is 0 Å². The van der Waals surface area contributed by atoms with Gasteiger partial charge in [0.05, 0.1) is 39.6 Å². The van der Waals surface area contributed by atoms with Crippen LogP contribution in [-0.2, 0) is 28.4 Å². The van der Waals surface area contributed by atoms with E-state index in [9.17, 15) is 9.59 Å². The van der Waals surface area contributed by atoms with Gasteiger partial charge in [0.25, 0.3) is 0 Å². The van der Waals surface area contributed by atoms with Gasteiger partial charge in [0, 0.05) is 39.1 Å². The van der Waals surface area contributed by atoms with E-state index in [1.54, 1.807) is 11.1 Å². The Labute approximate surface area is 477 Å². The Morgan fingerprint density at radius 2 is 0.897 bits per heavy atom. The summed E-state index contributed by atoms with van der Waals surface area (Å²) >= 11 is 0. The minimum atomic E-state index is -0.306. The number of nitrogens with one attached hydrogen (secondary N) is 2. The van der Waals surface area contributed by atoms with Gasteiger partial charge in [-0.15, -0.1) is 0 Å². The van der Waals surface area contributed by atoms with Crippen LogP contribution in [-0.4, -0.2) is 90.3 Å². The number of hydrogen-bond acceptors (Lipinski definition) is 8. The van der Waals surface area contributed by atoms with Crippen molar-refractivity contribution in [1.82, 2.24) is 10.6 Å². The summed E-state index contributed by atoms with van der Waals surface area (Å²) in [7, 11) is 0. The van der Waals surface area contributed by atoms with E-state index in [2.05, 4.69) is 92.0 Å². The maximum atomic E-state index is 12.4. The first kappa shape index (κ1) is 63.4. The predicted octanol–water partition coefficient (Wildman–Crippen LogP) is 16.4. The molecule has 6 fully saturated rings. The Morgan fingerprint density at radius 3 is 1.28 bits per heavy atom. The highest BCUT2D eigenvalue weighted by atomic mass is 16.6. The molecule has 78 heavy (non-hydrogen) atoms. The van der Waals surface area contributed by atoms with Crippen LogP contribution in [0.4, 0.5) is 9.59 Å². The number of alkyl carbamates (subject to hydrolysis) is 2. The normalized spacial score (nSPS) is 36.5. The fourth-order valence-corrected chi connectivity index (χ4v) is 19.1. The molecule has 6 saturated carbocycles. The number of allylic oxidation sites excluding steroid dienone is 2. The van der Waals surface area contributed by atoms with Gasteiger partial charge in [-0.25, -0.2) is 9.59 Å². The van der Waals surface area contributed by atoms with Crippen molar-refractivity contribution < 1.29 is 38.0 Å². The van der Waals surface area contributed by atoms with Crippen LogP contribution < -0.4 is 10.6 Å². The zero-order valence-electron chi connectivity index (χ0n) is 52.1. The molecule has 2 N–H and O–H groups in total. The molecule has 0 aromatic heterocycles. The summed E-state index contributed by atoms with van der Waals surface area (Å²) in [4.78, 5) is 24.9. The SMILES string of the molecule is CCOCCOCCNC(=O)O[C@H]1CC[C@@]2(C)C(=CCC3C4CCC(C(C)CCCC(C)C)[C@@]4(C)CCC32)C1.CCOCCOCCNC(=O)O[C@H]1CC[C@@]2(C)C(=CCC3C4CCC(C(C)CCCC(C)C)[C@@]4(C)CCC32)C1. The average molecular weight is 1090 g/mol. The highest BCUT2D eigenvalue weighted by molar-refractivity contribution is 5.67. The molecule has 10 unspecified atom stereocenters. The molecule has 16 atom stereocenters. The van der Waals surface area contributed by atoms with E-state index in [1.807, 2.05) is 13.8 Å². The fourth-order valence-electron chi connectivity index (χ4n) is 19.1. The van der Waals surface area contributed by atoms with Crippen molar-refractivity contribution in [2.45, 2.75) is 237 Å². The molecule has 0 bridgehead atoms. The molecule has 8 aliphatic carbocycles. The molecular weight excluding hydrogens is 973 g/mol. The van der Waals surface area contributed by atoms with Gasteiger partial charge >= 0.3 is 12.2 Å². The number of hydrogen-bond donors (Lipinski definition) is 2. The van der Waals surface area contributed by atoms with E-state index in [1.165, 1.54) is 103 Å². The van der Waals surface area contributed by atoms with Gasteiger partial charge in [-0.3, -0.25) is 0 Å². The second-order valence-electron chi connectivity index (χ2n) is 28.6. The number of carbonyl (C=O) groups excluding carboxylic acids is 2. The van der Waals surface area contributed by atoms with E-state index in [0.29, 0.717) is 76.8 Å². The molecule has 8 aliphatic rings. The highest BCUT2D eigenvalue weighted by Gasteiger charge is 2.61. The number of amides is 2. The van der Waals surface area contributed by atoms with Gasteiger partial charge < -0.3 is 39.1 Å². The van der Waals surface area contributed by atoms with Crippen LogP contribution >= 0.6 is 0 Å². The fraction of sp³-hybridized carbons (Fsp3) is 0.912. The van der Waals surface area contributed by atoms with Crippen molar-refractivity contribution >= 4 is 12.2 Å². The summed E-state index contributed by atoms with van der Waals surface area (Å²) in [6, 6.07) is 0. The topological polar surface area (TPSA) is 114 Å². The van der Waals surface area contributed by atoms with Gasteiger partial charge in [0.2, 0.25) is 0 Å². The van der Waals surface area contributed by atoms with Crippen molar-refractivity contribution in [3.63, 3.8) is 0 Å². The lowest BCUT2D eigenvalue weighted by Crippen LogP contribution is -2.51. The third-order valence-electron chi connectivity index (χ3n) is 23.3. The lowest BCUT2D eigenvalue weighted by Gasteiger charge is -2.58. The number of fused-ring (bicyclic) bond motifs is 10. The first-order valence-electron chi connectivity index (χ1n) is 33.0. The Hall–Kier alpha value is -2.14. The van der Waals surface area contributed by atoms with Crippen molar-refractivity contribution in [2.24, 2.45) is 92.7 Å². The van der Waals surface area contributed by atoms with E-state index < -0.39 is 0 Å². The van der Waals surface area contributed by atoms with E-state index >= 15 is 0 Å². The van der Waals surface area contributed by atoms with Crippen LogP contribution in [0.1, 0.15) is 224 Å². The summed E-state index contributed by atoms with van der Waals surface area (Å²) in [6.07, 6.45) is 32.9. The van der Waals surface area contributed by atoms with Gasteiger partial charge in [-0.1, -0.05) is 131 Å². The second kappa shape index (κ2) is 29.4. The van der Waals surface area contributed by atoms with Gasteiger partial charge in [0.1, 0.15) is 12.2 Å². The molecule has 10 nitrogen and oxygen atoms in total. The van der Waals surface area contributed by atoms with Crippen LogP contribution in [0, 0.1) is 92.7 Å². The minimum absolute atomic E-state index is 0.00356. The Kier molecular flexibility index (Phi) is 23.9. The van der Waals surface area contributed by atoms with Crippen LogP contribution in [0.2, 0.25) is 0 Å². The number of rotatable bonds is 26. The summed E-state index contributed by atoms with van der Waals surface area (Å²) in [6.45, 7) is 34.6. The molecule has 0 spiro atoms. The quantitative estimate of drug-likeness (QED) is 0.0650. The number of carbonyl (C=O) groups is 2. The molecule has 2 amide bonds. The van der Waals surface area contributed by atoms with Crippen LogP contribution in [0.15, 0.2) is 23.3 Å². The predicted molar refractivity (Wildman–Crippen MR) is 317 cm³/mol. The third-order valence-corrected chi connectivity index (χ3v) is 23.3. The van der Waals surface area contributed by atoms with Crippen LogP contribution in [0.3, 0.4) is 0 Å². The standard InChI is InChI=1S/2C34H59NO4/c2*1-7-37-21-22-38-20-19-35-32(36)39-27-15-17-33(5)26(23-27)11-12-28-30-14-13-29(25(4)10-8-9-24(2)3)34(30,6)18-16-31(28)33/h2*11,24-25,27-31H,7-10,12-23H2,1-6H3,(H,35,36)/t2*25?,27-,28?,29?,30?,31?,33-,34+/m00/s1. The van der Waals surface area contributed by atoms with Gasteiger partial charge in [0.15, 0.2) is 0 Å². The molecule has 8 rings (SSSR count). The first-order valence-corrected chi connectivity index (χ1v) is 33.0. The second-order valence-corrected chi connectivity index (χ2v) is 28.6. The highest BCUT2D eigenvalue weighted by Crippen LogP contribution is 2.69. The lowest BCUT2D eigenvalue weighted by atomic mass is 9.47. The van der Waals surface area contributed by atoms with E-state index in [0.717, 1.165) is 110 Å². The average Bonchev–Trinajstić information content (AvgIpc) is 4.12. The zero-order valence-corrected chi connectivity index (χ0v) is 52.1. The maximum absolute atomic E-state index is 12.4. The van der Waals surface area contributed by atoms with Crippen molar-refractivity contribution in [3.8, 4) is 0 Å². The van der Waals surface area contributed by atoms with E-state index in [4.69, 9.17) is 28.4 Å². The smallest absolute Gasteiger partial charge is 0.407 e. The van der Waals surface area contributed by atoms with E-state index in [-0.39, 0.29) is 35.2 Å². The molecule has 10 heteroatoms. The zero-order chi connectivity index (χ0) is 56.1.